The first-order valence-corrected chi connectivity index (χ1v) is 21.1. The zero-order chi connectivity index (χ0) is 47.0. The van der Waals surface area contributed by atoms with Crippen LogP contribution < -0.4 is 49.9 Å². The predicted molar refractivity (Wildman–Crippen MR) is 230 cm³/mol. The molecule has 330 valence electrons. The van der Waals surface area contributed by atoms with E-state index in [0.29, 0.717) is 28.0 Å². The SMILES string of the molecule is COc1cc(-c2ccc(N=Nc3c(O)ccc4cc(S(=O)(=O)O)ccc34)c(OC)c2)ccc1N=Nc1c(S(=O)(=O)O)cc2c(N=Nc3ccc([N+](=O)[O-])cc3C(=O)[O-])c(N)ccc2c1O.[Na+]. The van der Waals surface area contributed by atoms with Gasteiger partial charge in [-0.3, -0.25) is 19.2 Å². The number of fused-ring (bicyclic) bond motifs is 2. The molecule has 0 saturated heterocycles. The van der Waals surface area contributed by atoms with Crippen molar-refractivity contribution in [3.05, 3.63) is 119 Å². The summed E-state index contributed by atoms with van der Waals surface area (Å²) in [7, 11) is -6.91. The molecule has 0 radical (unpaired) electrons. The number of aromatic carboxylic acids is 1. The van der Waals surface area contributed by atoms with Gasteiger partial charge in [-0.15, -0.1) is 30.7 Å². The molecule has 0 aliphatic carbocycles. The minimum atomic E-state index is -5.16. The number of nitrogens with zero attached hydrogens (tertiary/aromatic N) is 7. The van der Waals surface area contributed by atoms with E-state index in [0.717, 1.165) is 24.3 Å². The molecule has 7 aromatic carbocycles. The van der Waals surface area contributed by atoms with Crippen molar-refractivity contribution >= 4 is 93.2 Å². The maximum Gasteiger partial charge on any atom is 1.00 e. The average molecular weight is 945 g/mol. The van der Waals surface area contributed by atoms with Crippen molar-refractivity contribution in [2.45, 2.75) is 9.79 Å². The topological polar surface area (TPSA) is 351 Å². The Bertz CT molecular complexity index is 3480. The van der Waals surface area contributed by atoms with Gasteiger partial charge in [0.2, 0.25) is 0 Å². The normalized spacial score (nSPS) is 12.0. The number of nitro groups is 1. The van der Waals surface area contributed by atoms with E-state index in [1.807, 2.05) is 0 Å². The number of aromatic hydroxyl groups is 2. The van der Waals surface area contributed by atoms with Crippen molar-refractivity contribution < 1.29 is 90.0 Å². The Balaban J connectivity index is 0.00000720. The third-order valence-electron chi connectivity index (χ3n) is 9.63. The second kappa shape index (κ2) is 18.9. The first-order valence-electron chi connectivity index (χ1n) is 18.2. The van der Waals surface area contributed by atoms with E-state index in [2.05, 4.69) is 30.7 Å². The molecular formula is C41H29N8NaO14S2. The number of azo groups is 3. The summed E-state index contributed by atoms with van der Waals surface area (Å²) in [6.07, 6.45) is 0. The number of carboxylic acid groups (broad SMARTS) is 1. The number of carboxylic acids is 1. The number of hydrogen-bond donors (Lipinski definition) is 5. The maximum absolute atomic E-state index is 12.7. The van der Waals surface area contributed by atoms with Crippen LogP contribution in [-0.2, 0) is 20.2 Å². The second-order valence-electron chi connectivity index (χ2n) is 13.6. The molecule has 0 aliphatic rings. The van der Waals surface area contributed by atoms with Gasteiger partial charge in [0.1, 0.15) is 50.6 Å². The molecule has 0 unspecified atom stereocenters. The van der Waals surface area contributed by atoms with Crippen LogP contribution in [0.1, 0.15) is 10.4 Å². The molecule has 22 nitrogen and oxygen atoms in total. The second-order valence-corrected chi connectivity index (χ2v) is 16.4. The third-order valence-corrected chi connectivity index (χ3v) is 11.3. The average Bonchev–Trinajstić information content (AvgIpc) is 3.26. The van der Waals surface area contributed by atoms with Crippen molar-refractivity contribution in [2.24, 2.45) is 30.7 Å². The van der Waals surface area contributed by atoms with Crippen LogP contribution in [0.2, 0.25) is 0 Å². The molecule has 0 atom stereocenters. The van der Waals surface area contributed by atoms with Gasteiger partial charge >= 0.3 is 29.6 Å². The summed E-state index contributed by atoms with van der Waals surface area (Å²) in [5.74, 6) is -2.45. The number of carbonyl (C=O) groups is 1. The van der Waals surface area contributed by atoms with Crippen LogP contribution >= 0.6 is 0 Å². The number of phenols is 2. The minimum Gasteiger partial charge on any atom is -0.545 e. The van der Waals surface area contributed by atoms with Crippen LogP contribution in [0.3, 0.4) is 0 Å². The Labute approximate surface area is 394 Å². The fraction of sp³-hybridized carbons (Fsp3) is 0.0488. The van der Waals surface area contributed by atoms with E-state index in [-0.39, 0.29) is 96.6 Å². The largest absolute Gasteiger partial charge is 1.00 e. The van der Waals surface area contributed by atoms with Crippen molar-refractivity contribution in [3.63, 3.8) is 0 Å². The quantitative estimate of drug-likeness (QED) is 0.0232. The Kier molecular flexibility index (Phi) is 13.8. The van der Waals surface area contributed by atoms with Gasteiger partial charge in [0.15, 0.2) is 5.75 Å². The van der Waals surface area contributed by atoms with Crippen LogP contribution in [0.25, 0.3) is 32.7 Å². The fourth-order valence-corrected chi connectivity index (χ4v) is 7.62. The van der Waals surface area contributed by atoms with Crippen molar-refractivity contribution in [1.29, 1.82) is 0 Å². The Morgan fingerprint density at radius 3 is 1.76 bits per heavy atom. The van der Waals surface area contributed by atoms with Crippen LogP contribution in [0.5, 0.6) is 23.0 Å². The van der Waals surface area contributed by atoms with Crippen LogP contribution in [0.15, 0.2) is 144 Å². The fourth-order valence-electron chi connectivity index (χ4n) is 6.45. The smallest absolute Gasteiger partial charge is 0.545 e. The molecule has 0 aliphatic heterocycles. The first-order chi connectivity index (χ1) is 30.8. The number of nitro benzene ring substituents is 1. The summed E-state index contributed by atoms with van der Waals surface area (Å²) in [6.45, 7) is 0. The zero-order valence-electron chi connectivity index (χ0n) is 34.2. The molecule has 0 bridgehead atoms. The van der Waals surface area contributed by atoms with E-state index in [9.17, 15) is 56.2 Å². The van der Waals surface area contributed by atoms with E-state index in [1.54, 1.807) is 30.3 Å². The number of phenolic OH excluding ortho intramolecular Hbond substituents is 2. The van der Waals surface area contributed by atoms with Gasteiger partial charge in [-0.1, -0.05) is 24.3 Å². The summed E-state index contributed by atoms with van der Waals surface area (Å²) in [4.78, 5) is 20.8. The monoisotopic (exact) mass is 944 g/mol. The van der Waals surface area contributed by atoms with Gasteiger partial charge in [0.05, 0.1) is 41.4 Å². The number of rotatable bonds is 13. The summed E-state index contributed by atoms with van der Waals surface area (Å²) in [5.41, 5.74) is 4.87. The number of anilines is 1. The number of benzene rings is 7. The van der Waals surface area contributed by atoms with Gasteiger partial charge in [-0.05, 0) is 83.2 Å². The Morgan fingerprint density at radius 2 is 1.20 bits per heavy atom. The van der Waals surface area contributed by atoms with Crippen molar-refractivity contribution in [1.82, 2.24) is 0 Å². The molecule has 0 heterocycles. The van der Waals surface area contributed by atoms with E-state index >= 15 is 0 Å². The summed E-state index contributed by atoms with van der Waals surface area (Å²) in [5, 5.41) is 69.6. The number of nitrogen functional groups attached to an aromatic ring is 1. The molecule has 7 aromatic rings. The standard InChI is InChI=1S/C41H30N8O14S2.Na/c1-62-34-16-20(3-11-31(34)44-47-38-25-8-7-24(64(56,57)58)15-22(25)5-14-33(38)50)21-4-12-32(35(17-21)63-2)45-48-39-36(65(59,60)61)19-27-26(40(39)51)9-10-29(42)37(27)46-43-30-13-6-23(49(54)55)18-28(30)41(52)53;/h3-19,50-51H,42H2,1-2H3,(H,52,53)(H,56,57,58)(H,59,60,61);/q;+1/p-1. The maximum atomic E-state index is 12.7. The molecule has 0 saturated carbocycles. The molecule has 25 heteroatoms. The van der Waals surface area contributed by atoms with Gasteiger partial charge in [-0.2, -0.15) is 16.8 Å². The molecule has 0 amide bonds. The summed E-state index contributed by atoms with van der Waals surface area (Å²) < 4.78 is 79.5. The number of ether oxygens (including phenoxy) is 2. The summed E-state index contributed by atoms with van der Waals surface area (Å²) >= 11 is 0. The van der Waals surface area contributed by atoms with Crippen LogP contribution in [0, 0.1) is 10.1 Å². The number of nitrogens with two attached hydrogens (primary N) is 1. The summed E-state index contributed by atoms with van der Waals surface area (Å²) in [6, 6.07) is 22.2. The number of non-ortho nitro benzene ring substituents is 1. The number of carbonyl (C=O) groups excluding carboxylic acids is 1. The van der Waals surface area contributed by atoms with Crippen LogP contribution in [0.4, 0.5) is 45.5 Å². The molecule has 7 rings (SSSR count). The predicted octanol–water partition coefficient (Wildman–Crippen LogP) is 5.69. The van der Waals surface area contributed by atoms with E-state index in [4.69, 9.17) is 15.2 Å². The van der Waals surface area contributed by atoms with E-state index < -0.39 is 58.7 Å². The van der Waals surface area contributed by atoms with Crippen LogP contribution in [-0.4, -0.2) is 61.3 Å². The van der Waals surface area contributed by atoms with E-state index in [1.165, 1.54) is 56.7 Å². The number of methoxy groups -OCH3 is 2. The molecular weight excluding hydrogens is 916 g/mol. The first kappa shape index (κ1) is 48.0. The molecule has 0 fully saturated rings. The minimum absolute atomic E-state index is 0. The zero-order valence-corrected chi connectivity index (χ0v) is 37.8. The molecule has 6 N–H and O–H groups in total. The molecule has 0 spiro atoms. The Morgan fingerprint density at radius 1 is 0.636 bits per heavy atom. The van der Waals surface area contributed by atoms with Crippen molar-refractivity contribution in [2.75, 3.05) is 20.0 Å². The molecule has 0 aromatic heterocycles. The third kappa shape index (κ3) is 9.78. The molecule has 66 heavy (non-hydrogen) atoms. The van der Waals surface area contributed by atoms with Gasteiger partial charge in [-0.25, -0.2) is 0 Å². The Hall–Kier alpha value is -7.45. The van der Waals surface area contributed by atoms with Gasteiger partial charge in [0.25, 0.3) is 25.9 Å². The van der Waals surface area contributed by atoms with Gasteiger partial charge in [0, 0.05) is 33.9 Å². The number of hydrogen-bond acceptors (Lipinski definition) is 19. The van der Waals surface area contributed by atoms with Crippen molar-refractivity contribution in [3.8, 4) is 34.1 Å². The van der Waals surface area contributed by atoms with Gasteiger partial charge < -0.3 is 35.3 Å².